The van der Waals surface area contributed by atoms with Crippen LogP contribution in [0.5, 0.6) is 0 Å². The number of nitrogens with one attached hydrogen (secondary N) is 2. The fourth-order valence-electron chi connectivity index (χ4n) is 1.60. The van der Waals surface area contributed by atoms with Crippen LogP contribution in [0.2, 0.25) is 0 Å². The number of aromatic nitrogens is 6. The highest BCUT2D eigenvalue weighted by Gasteiger charge is 2.18. The molecule has 3 rings (SSSR count). The number of H-pyrrole nitrogens is 1. The van der Waals surface area contributed by atoms with Crippen LogP contribution in [0.15, 0.2) is 42.1 Å². The van der Waals surface area contributed by atoms with Crippen LogP contribution in [0.25, 0.3) is 5.69 Å². The Bertz CT molecular complexity index is 846. The van der Waals surface area contributed by atoms with Gasteiger partial charge in [-0.1, -0.05) is 0 Å². The Hall–Kier alpha value is -2.82. The molecule has 2 heterocycles. The van der Waals surface area contributed by atoms with Crippen molar-refractivity contribution in [1.82, 2.24) is 30.2 Å². The third-order valence-corrected chi connectivity index (χ3v) is 3.86. The van der Waals surface area contributed by atoms with Crippen molar-refractivity contribution < 1.29 is 12.8 Å². The Kier molecular flexibility index (Phi) is 3.10. The molecule has 2 aromatic heterocycles. The highest BCUT2D eigenvalue weighted by atomic mass is 32.2. The van der Waals surface area contributed by atoms with E-state index in [4.69, 9.17) is 0 Å². The number of hydrogen-bond acceptors (Lipinski definition) is 6. The quantitative estimate of drug-likeness (QED) is 0.716. The minimum atomic E-state index is -3.95. The number of tetrazole rings is 1. The lowest BCUT2D eigenvalue weighted by Gasteiger charge is -2.09. The van der Waals surface area contributed by atoms with E-state index in [2.05, 4.69) is 30.2 Å². The maximum atomic E-state index is 13.8. The fraction of sp³-hybridized carbons (Fsp3) is 0. The molecule has 0 saturated carbocycles. The van der Waals surface area contributed by atoms with Crippen LogP contribution < -0.4 is 4.72 Å². The number of anilines is 1. The Labute approximate surface area is 117 Å². The van der Waals surface area contributed by atoms with Gasteiger partial charge in [0.2, 0.25) is 0 Å². The molecule has 0 radical (unpaired) electrons. The first-order valence-corrected chi connectivity index (χ1v) is 7.09. The van der Waals surface area contributed by atoms with E-state index in [9.17, 15) is 12.8 Å². The number of halogens is 1. The molecule has 108 valence electrons. The smallest absolute Gasteiger partial charge is 0.279 e. The summed E-state index contributed by atoms with van der Waals surface area (Å²) in [7, 11) is -3.95. The van der Waals surface area contributed by atoms with Gasteiger partial charge in [-0.15, -0.1) is 5.10 Å². The average molecular weight is 309 g/mol. The third-order valence-electron chi connectivity index (χ3n) is 2.57. The van der Waals surface area contributed by atoms with Gasteiger partial charge in [-0.2, -0.15) is 8.42 Å². The molecule has 9 nitrogen and oxygen atoms in total. The Morgan fingerprint density at radius 1 is 1.33 bits per heavy atom. The van der Waals surface area contributed by atoms with E-state index in [1.165, 1.54) is 29.5 Å². The zero-order valence-electron chi connectivity index (χ0n) is 10.3. The van der Waals surface area contributed by atoms with Gasteiger partial charge in [0.25, 0.3) is 10.0 Å². The second-order valence-electron chi connectivity index (χ2n) is 3.94. The lowest BCUT2D eigenvalue weighted by Crippen LogP contribution is -2.14. The van der Waals surface area contributed by atoms with Gasteiger partial charge in [-0.05, 0) is 28.6 Å². The highest BCUT2D eigenvalue weighted by molar-refractivity contribution is 7.92. The number of benzene rings is 1. The maximum Gasteiger partial charge on any atom is 0.279 e. The van der Waals surface area contributed by atoms with E-state index >= 15 is 0 Å². The van der Waals surface area contributed by atoms with Gasteiger partial charge >= 0.3 is 0 Å². The monoisotopic (exact) mass is 309 g/mol. The molecular formula is C10H8FN7O2S. The number of nitrogens with zero attached hydrogens (tertiary/aromatic N) is 5. The molecule has 0 atom stereocenters. The summed E-state index contributed by atoms with van der Waals surface area (Å²) in [6.07, 6.45) is 3.63. The van der Waals surface area contributed by atoms with Crippen LogP contribution in [0.4, 0.5) is 10.1 Å². The van der Waals surface area contributed by atoms with Crippen LogP contribution in [0.1, 0.15) is 0 Å². The lowest BCUT2D eigenvalue weighted by molar-refractivity contribution is 0.595. The van der Waals surface area contributed by atoms with Crippen molar-refractivity contribution in [2.75, 3.05) is 4.72 Å². The van der Waals surface area contributed by atoms with Crippen molar-refractivity contribution >= 4 is 15.7 Å². The van der Waals surface area contributed by atoms with E-state index in [0.717, 1.165) is 12.3 Å². The molecule has 1 aromatic carbocycles. The van der Waals surface area contributed by atoms with Crippen LogP contribution in [-0.4, -0.2) is 38.6 Å². The van der Waals surface area contributed by atoms with Crippen molar-refractivity contribution in [2.24, 2.45) is 0 Å². The van der Waals surface area contributed by atoms with Crippen LogP contribution in [0, 0.1) is 5.82 Å². The molecule has 0 bridgehead atoms. The zero-order valence-corrected chi connectivity index (χ0v) is 11.1. The Morgan fingerprint density at radius 3 is 2.86 bits per heavy atom. The van der Waals surface area contributed by atoms with Crippen molar-refractivity contribution in [3.8, 4) is 5.69 Å². The number of aromatic amines is 1. The van der Waals surface area contributed by atoms with Gasteiger partial charge in [-0.25, -0.2) is 14.1 Å². The average Bonchev–Trinajstić information content (AvgIpc) is 3.14. The van der Waals surface area contributed by atoms with Gasteiger partial charge in [-0.3, -0.25) is 4.72 Å². The summed E-state index contributed by atoms with van der Waals surface area (Å²) in [5.41, 5.74) is 0.182. The van der Waals surface area contributed by atoms with Crippen molar-refractivity contribution in [3.63, 3.8) is 0 Å². The van der Waals surface area contributed by atoms with Gasteiger partial charge in [0.1, 0.15) is 12.1 Å². The SMILES string of the molecule is O=S(=O)(Nc1cc(-n2cnnn2)ccc1F)c1cnc[nH]1. The molecule has 0 aliphatic carbocycles. The molecule has 3 aromatic rings. The van der Waals surface area contributed by atoms with Gasteiger partial charge in [0.05, 0.1) is 23.9 Å². The second kappa shape index (κ2) is 4.94. The molecule has 0 spiro atoms. The van der Waals surface area contributed by atoms with E-state index < -0.39 is 15.8 Å². The van der Waals surface area contributed by atoms with E-state index in [1.54, 1.807) is 0 Å². The zero-order chi connectivity index (χ0) is 14.9. The second-order valence-corrected chi connectivity index (χ2v) is 5.59. The first-order chi connectivity index (χ1) is 10.1. The molecule has 0 saturated heterocycles. The summed E-state index contributed by atoms with van der Waals surface area (Å²) in [5, 5.41) is 10.4. The Morgan fingerprint density at radius 2 is 2.19 bits per heavy atom. The Balaban J connectivity index is 1.97. The predicted octanol–water partition coefficient (Wildman–Crippen LogP) is 0.325. The van der Waals surface area contributed by atoms with Gasteiger partial charge < -0.3 is 4.98 Å². The lowest BCUT2D eigenvalue weighted by atomic mass is 10.3. The summed E-state index contributed by atoms with van der Waals surface area (Å²) in [4.78, 5) is 6.05. The van der Waals surface area contributed by atoms with Crippen molar-refractivity contribution in [1.29, 1.82) is 0 Å². The first kappa shape index (κ1) is 13.2. The predicted molar refractivity (Wildman–Crippen MR) is 68.5 cm³/mol. The molecule has 0 amide bonds. The highest BCUT2D eigenvalue weighted by Crippen LogP contribution is 2.21. The first-order valence-electron chi connectivity index (χ1n) is 5.60. The topological polar surface area (TPSA) is 118 Å². The number of imidazole rings is 1. The standard InChI is InChI=1S/C10H8FN7O2S/c11-8-2-1-7(18-6-14-16-17-18)3-9(8)15-21(19,20)10-4-12-5-13-10/h1-6,15H,(H,12,13). The van der Waals surface area contributed by atoms with E-state index in [0.29, 0.717) is 5.69 Å². The summed E-state index contributed by atoms with van der Waals surface area (Å²) < 4.78 is 41.2. The maximum absolute atomic E-state index is 13.8. The fourth-order valence-corrected chi connectivity index (χ4v) is 2.57. The van der Waals surface area contributed by atoms with E-state index in [-0.39, 0.29) is 10.7 Å². The van der Waals surface area contributed by atoms with Crippen molar-refractivity contribution in [2.45, 2.75) is 5.03 Å². The minimum absolute atomic E-state index is 0.172. The molecule has 0 aliphatic heterocycles. The third kappa shape index (κ3) is 2.58. The molecule has 0 unspecified atom stereocenters. The van der Waals surface area contributed by atoms with E-state index in [1.807, 2.05) is 0 Å². The molecule has 11 heteroatoms. The normalized spacial score (nSPS) is 11.5. The van der Waals surface area contributed by atoms with Crippen LogP contribution in [0.3, 0.4) is 0 Å². The van der Waals surface area contributed by atoms with Crippen LogP contribution >= 0.6 is 0 Å². The van der Waals surface area contributed by atoms with Crippen molar-refractivity contribution in [3.05, 3.63) is 42.9 Å². The van der Waals surface area contributed by atoms with Gasteiger partial charge in [0, 0.05) is 0 Å². The molecule has 0 aliphatic rings. The largest absolute Gasteiger partial charge is 0.334 e. The van der Waals surface area contributed by atoms with Crippen LogP contribution in [-0.2, 0) is 10.0 Å². The summed E-state index contributed by atoms with van der Waals surface area (Å²) in [6, 6.07) is 3.81. The minimum Gasteiger partial charge on any atom is -0.334 e. The summed E-state index contributed by atoms with van der Waals surface area (Å²) in [5.74, 6) is -0.727. The molecular weight excluding hydrogens is 301 g/mol. The summed E-state index contributed by atoms with van der Waals surface area (Å²) >= 11 is 0. The summed E-state index contributed by atoms with van der Waals surface area (Å²) in [6.45, 7) is 0. The molecule has 0 fully saturated rings. The molecule has 2 N–H and O–H groups in total. The number of rotatable bonds is 4. The van der Waals surface area contributed by atoms with Gasteiger partial charge in [0.15, 0.2) is 5.03 Å². The number of hydrogen-bond donors (Lipinski definition) is 2. The molecule has 21 heavy (non-hydrogen) atoms. The number of sulfonamides is 1.